The van der Waals surface area contributed by atoms with E-state index in [1.165, 1.54) is 0 Å². The van der Waals surface area contributed by atoms with E-state index in [0.717, 1.165) is 19.3 Å². The van der Waals surface area contributed by atoms with Crippen molar-refractivity contribution in [3.63, 3.8) is 0 Å². The number of hydrogen-bond acceptors (Lipinski definition) is 4. The molecular weight excluding hydrogens is 240 g/mol. The molecule has 1 aliphatic carbocycles. The number of carbonyl (C=O) groups is 1. The quantitative estimate of drug-likeness (QED) is 0.730. The van der Waals surface area contributed by atoms with Crippen LogP contribution in [-0.4, -0.2) is 25.7 Å². The Morgan fingerprint density at radius 1 is 1.35 bits per heavy atom. The van der Waals surface area contributed by atoms with Gasteiger partial charge in [0.1, 0.15) is 5.60 Å². The summed E-state index contributed by atoms with van der Waals surface area (Å²) in [5, 5.41) is 0. The summed E-state index contributed by atoms with van der Waals surface area (Å²) in [5.41, 5.74) is -0.645. The van der Waals surface area contributed by atoms with Crippen LogP contribution in [-0.2, 0) is 19.4 Å². The highest BCUT2D eigenvalue weighted by Crippen LogP contribution is 2.23. The van der Waals surface area contributed by atoms with Crippen LogP contribution in [0.1, 0.15) is 46.5 Å². The average Bonchev–Trinajstić information content (AvgIpc) is 2.15. The maximum Gasteiger partial charge on any atom is 0.322 e. The first-order valence-corrected chi connectivity index (χ1v) is 7.49. The Balaban J connectivity index is 2.67. The molecule has 0 atom stereocenters. The molecule has 0 aromatic rings. The molecule has 0 unspecified atom stereocenters. The molecule has 0 N–H and O–H groups in total. The van der Waals surface area contributed by atoms with Gasteiger partial charge >= 0.3 is 5.97 Å². The lowest BCUT2D eigenvalue weighted by Crippen LogP contribution is -2.29. The molecule has 1 aliphatic rings. The van der Waals surface area contributed by atoms with Gasteiger partial charge in [-0.25, -0.2) is 8.42 Å². The number of ether oxygens (including phenoxy) is 1. The van der Waals surface area contributed by atoms with Gasteiger partial charge in [-0.2, -0.15) is 0 Å². The summed E-state index contributed by atoms with van der Waals surface area (Å²) in [5.74, 6) is -1.22. The van der Waals surface area contributed by atoms with E-state index in [1.807, 2.05) is 0 Å². The van der Waals surface area contributed by atoms with Crippen molar-refractivity contribution in [2.75, 3.05) is 5.75 Å². The highest BCUT2D eigenvalue weighted by molar-refractivity contribution is 7.95. The van der Waals surface area contributed by atoms with Crippen LogP contribution in [0.4, 0.5) is 0 Å². The lowest BCUT2D eigenvalue weighted by atomic mass is 10.1. The Bertz CT molecular complexity index is 412. The molecule has 0 aromatic heterocycles. The fourth-order valence-electron chi connectivity index (χ4n) is 1.71. The second kappa shape index (κ2) is 5.21. The van der Waals surface area contributed by atoms with Gasteiger partial charge in [0.2, 0.25) is 0 Å². The molecule has 0 bridgehead atoms. The molecule has 0 aromatic carbocycles. The Morgan fingerprint density at radius 2 is 2.00 bits per heavy atom. The molecule has 0 amide bonds. The summed E-state index contributed by atoms with van der Waals surface area (Å²) in [6, 6.07) is 0. The van der Waals surface area contributed by atoms with Crippen LogP contribution in [0.2, 0.25) is 0 Å². The monoisotopic (exact) mass is 260 g/mol. The third kappa shape index (κ3) is 4.89. The number of allylic oxidation sites excluding steroid dienone is 2. The Kier molecular flexibility index (Phi) is 4.36. The number of rotatable bonds is 3. The van der Waals surface area contributed by atoms with E-state index >= 15 is 0 Å². The normalized spacial score (nSPS) is 17.5. The zero-order chi connectivity index (χ0) is 13.1. The van der Waals surface area contributed by atoms with E-state index in [9.17, 15) is 13.2 Å². The Labute approximate surface area is 103 Å². The molecule has 4 nitrogen and oxygen atoms in total. The highest BCUT2D eigenvalue weighted by atomic mass is 32.2. The molecule has 0 aliphatic heterocycles. The minimum Gasteiger partial charge on any atom is -0.459 e. The van der Waals surface area contributed by atoms with Gasteiger partial charge in [-0.15, -0.1) is 0 Å². The van der Waals surface area contributed by atoms with Crippen LogP contribution in [0, 0.1) is 0 Å². The van der Waals surface area contributed by atoms with Crippen LogP contribution in [0.25, 0.3) is 0 Å². The first-order chi connectivity index (χ1) is 7.71. The average molecular weight is 260 g/mol. The molecule has 1 rings (SSSR count). The van der Waals surface area contributed by atoms with Crippen LogP contribution >= 0.6 is 0 Å². The van der Waals surface area contributed by atoms with Gasteiger partial charge in [-0.05, 0) is 46.5 Å². The van der Waals surface area contributed by atoms with Crippen molar-refractivity contribution in [3.8, 4) is 0 Å². The predicted octanol–water partition coefficient (Wildman–Crippen LogP) is 2.20. The lowest BCUT2D eigenvalue weighted by molar-refractivity contribution is -0.151. The van der Waals surface area contributed by atoms with Crippen molar-refractivity contribution in [3.05, 3.63) is 11.0 Å². The second-order valence-corrected chi connectivity index (χ2v) is 7.30. The van der Waals surface area contributed by atoms with Gasteiger partial charge in [-0.1, -0.05) is 6.08 Å². The summed E-state index contributed by atoms with van der Waals surface area (Å²) in [6.07, 6.45) is 4.95. The zero-order valence-electron chi connectivity index (χ0n) is 10.7. The first kappa shape index (κ1) is 14.2. The van der Waals surface area contributed by atoms with Gasteiger partial charge in [0.15, 0.2) is 15.6 Å². The summed E-state index contributed by atoms with van der Waals surface area (Å²) in [6.45, 7) is 5.16. The minimum absolute atomic E-state index is 0.398. The Hall–Kier alpha value is -0.840. The largest absolute Gasteiger partial charge is 0.459 e. The van der Waals surface area contributed by atoms with E-state index in [1.54, 1.807) is 26.8 Å². The maximum absolute atomic E-state index is 11.9. The van der Waals surface area contributed by atoms with Crippen molar-refractivity contribution in [2.45, 2.75) is 52.1 Å². The van der Waals surface area contributed by atoms with Gasteiger partial charge in [0, 0.05) is 4.91 Å². The van der Waals surface area contributed by atoms with E-state index < -0.39 is 27.2 Å². The number of sulfone groups is 1. The summed E-state index contributed by atoms with van der Waals surface area (Å²) in [4.78, 5) is 11.9. The number of esters is 1. The molecule has 0 radical (unpaired) electrons. The summed E-state index contributed by atoms with van der Waals surface area (Å²) >= 11 is 0. The number of hydrogen-bond donors (Lipinski definition) is 0. The molecule has 17 heavy (non-hydrogen) atoms. The van der Waals surface area contributed by atoms with Crippen molar-refractivity contribution in [1.29, 1.82) is 0 Å². The highest BCUT2D eigenvalue weighted by Gasteiger charge is 2.26. The van der Waals surface area contributed by atoms with Gasteiger partial charge in [0.05, 0.1) is 0 Å². The zero-order valence-corrected chi connectivity index (χ0v) is 11.5. The van der Waals surface area contributed by atoms with Crippen molar-refractivity contribution in [2.24, 2.45) is 0 Å². The van der Waals surface area contributed by atoms with E-state index in [0.29, 0.717) is 11.3 Å². The third-order valence-corrected chi connectivity index (χ3v) is 4.16. The van der Waals surface area contributed by atoms with E-state index in [4.69, 9.17) is 4.74 Å². The molecular formula is C12H20O4S. The Morgan fingerprint density at radius 3 is 2.47 bits per heavy atom. The second-order valence-electron chi connectivity index (χ2n) is 5.26. The SMILES string of the molecule is CC(C)(C)OC(=O)CS(=O)(=O)C1=CCCCC1. The van der Waals surface area contributed by atoms with Crippen LogP contribution in [0.5, 0.6) is 0 Å². The molecule has 0 spiro atoms. The van der Waals surface area contributed by atoms with Gasteiger partial charge in [-0.3, -0.25) is 4.79 Å². The number of carbonyl (C=O) groups excluding carboxylic acids is 1. The summed E-state index contributed by atoms with van der Waals surface area (Å²) in [7, 11) is -3.47. The van der Waals surface area contributed by atoms with E-state index in [2.05, 4.69) is 0 Å². The van der Waals surface area contributed by atoms with Crippen molar-refractivity contribution in [1.82, 2.24) is 0 Å². The van der Waals surface area contributed by atoms with Crippen LogP contribution in [0.15, 0.2) is 11.0 Å². The van der Waals surface area contributed by atoms with E-state index in [-0.39, 0.29) is 0 Å². The fourth-order valence-corrected chi connectivity index (χ4v) is 3.09. The summed E-state index contributed by atoms with van der Waals surface area (Å²) < 4.78 is 28.8. The van der Waals surface area contributed by atoms with Crippen molar-refractivity contribution >= 4 is 15.8 Å². The van der Waals surface area contributed by atoms with Crippen LogP contribution < -0.4 is 0 Å². The lowest BCUT2D eigenvalue weighted by Gasteiger charge is -2.20. The molecule has 98 valence electrons. The van der Waals surface area contributed by atoms with Gasteiger partial charge < -0.3 is 4.74 Å². The third-order valence-electron chi connectivity index (χ3n) is 2.38. The first-order valence-electron chi connectivity index (χ1n) is 5.84. The van der Waals surface area contributed by atoms with Gasteiger partial charge in [0.25, 0.3) is 0 Å². The smallest absolute Gasteiger partial charge is 0.322 e. The topological polar surface area (TPSA) is 60.4 Å². The predicted molar refractivity (Wildman–Crippen MR) is 66.2 cm³/mol. The standard InChI is InChI=1S/C12H20O4S/c1-12(2,3)16-11(13)9-17(14,15)10-7-5-4-6-8-10/h7H,4-6,8-9H2,1-3H3. The fraction of sp³-hybridized carbons (Fsp3) is 0.750. The molecule has 0 fully saturated rings. The molecule has 5 heteroatoms. The maximum atomic E-state index is 11.9. The minimum atomic E-state index is -3.47. The molecule has 0 saturated heterocycles. The van der Waals surface area contributed by atoms with Crippen molar-refractivity contribution < 1.29 is 17.9 Å². The van der Waals surface area contributed by atoms with Crippen LogP contribution in [0.3, 0.4) is 0 Å². The molecule has 0 heterocycles. The molecule has 0 saturated carbocycles.